The van der Waals surface area contributed by atoms with Crippen LogP contribution >= 0.6 is 11.8 Å². The summed E-state index contributed by atoms with van der Waals surface area (Å²) in [6, 6.07) is 0.592. The molecule has 0 aromatic rings. The zero-order chi connectivity index (χ0) is 11.5. The summed E-state index contributed by atoms with van der Waals surface area (Å²) in [5.74, 6) is 0.772. The van der Waals surface area contributed by atoms with Gasteiger partial charge in [0, 0.05) is 18.4 Å². The average Bonchev–Trinajstić information content (AvgIpc) is 2.57. The highest BCUT2D eigenvalue weighted by Crippen LogP contribution is 2.28. The Hall–Kier alpha value is -0.220. The molecular formula is C12H22N2OS. The number of nitrogens with zero attached hydrogens (tertiary/aromatic N) is 1. The van der Waals surface area contributed by atoms with Gasteiger partial charge in [-0.1, -0.05) is 25.6 Å². The van der Waals surface area contributed by atoms with Crippen molar-refractivity contribution in [2.45, 2.75) is 50.5 Å². The van der Waals surface area contributed by atoms with Crippen LogP contribution < -0.4 is 5.32 Å². The molecule has 0 aromatic carbocycles. The summed E-state index contributed by atoms with van der Waals surface area (Å²) in [5, 5.41) is 5.37. The topological polar surface area (TPSA) is 33.6 Å². The number of aliphatic imine (C=N–C) groups is 1. The molecule has 1 saturated carbocycles. The SMILES string of the molecule is COC1CC(NC2=NCC(CC(C)C)S2)C1. The van der Waals surface area contributed by atoms with Crippen LogP contribution in [0.2, 0.25) is 0 Å². The smallest absolute Gasteiger partial charge is 0.157 e. The molecule has 1 unspecified atom stereocenters. The quantitative estimate of drug-likeness (QED) is 0.821. The van der Waals surface area contributed by atoms with E-state index >= 15 is 0 Å². The van der Waals surface area contributed by atoms with Gasteiger partial charge in [-0.05, 0) is 25.2 Å². The maximum atomic E-state index is 5.27. The van der Waals surface area contributed by atoms with Gasteiger partial charge in [0.1, 0.15) is 0 Å². The van der Waals surface area contributed by atoms with E-state index in [0.717, 1.165) is 30.5 Å². The van der Waals surface area contributed by atoms with Crippen LogP contribution in [0.4, 0.5) is 0 Å². The fourth-order valence-electron chi connectivity index (χ4n) is 2.20. The van der Waals surface area contributed by atoms with Gasteiger partial charge in [-0.2, -0.15) is 0 Å². The second-order valence-corrected chi connectivity index (χ2v) is 6.47. The molecule has 0 bridgehead atoms. The minimum Gasteiger partial charge on any atom is -0.381 e. The monoisotopic (exact) mass is 242 g/mol. The van der Waals surface area contributed by atoms with Crippen molar-refractivity contribution in [3.8, 4) is 0 Å². The Morgan fingerprint density at radius 1 is 1.50 bits per heavy atom. The number of methoxy groups -OCH3 is 1. The predicted molar refractivity (Wildman–Crippen MR) is 70.1 cm³/mol. The third-order valence-electron chi connectivity index (χ3n) is 3.21. The van der Waals surface area contributed by atoms with Gasteiger partial charge in [0.05, 0.1) is 12.6 Å². The van der Waals surface area contributed by atoms with Crippen molar-refractivity contribution < 1.29 is 4.74 Å². The fourth-order valence-corrected chi connectivity index (χ4v) is 3.53. The number of hydrogen-bond donors (Lipinski definition) is 1. The van der Waals surface area contributed by atoms with Crippen LogP contribution in [0.15, 0.2) is 4.99 Å². The van der Waals surface area contributed by atoms with Crippen LogP contribution in [0.5, 0.6) is 0 Å². The largest absolute Gasteiger partial charge is 0.381 e. The highest BCUT2D eigenvalue weighted by molar-refractivity contribution is 8.14. The number of thioether (sulfide) groups is 1. The Labute approximate surface area is 102 Å². The summed E-state index contributed by atoms with van der Waals surface area (Å²) < 4.78 is 5.27. The standard InChI is InChI=1S/C12H22N2OS/c1-8(2)4-11-7-13-12(16-11)14-9-5-10(6-9)15-3/h8-11H,4-7H2,1-3H3,(H,13,14). The highest BCUT2D eigenvalue weighted by Gasteiger charge is 2.31. The van der Waals surface area contributed by atoms with Gasteiger partial charge in [0.25, 0.3) is 0 Å². The van der Waals surface area contributed by atoms with Gasteiger partial charge < -0.3 is 10.1 Å². The Kier molecular flexibility index (Phi) is 4.14. The van der Waals surface area contributed by atoms with Gasteiger partial charge >= 0.3 is 0 Å². The molecule has 1 aliphatic heterocycles. The van der Waals surface area contributed by atoms with Crippen LogP contribution in [0.3, 0.4) is 0 Å². The molecule has 4 heteroatoms. The number of nitrogens with one attached hydrogen (secondary N) is 1. The molecule has 0 aromatic heterocycles. The molecule has 1 fully saturated rings. The van der Waals surface area contributed by atoms with E-state index in [0.29, 0.717) is 17.4 Å². The summed E-state index contributed by atoms with van der Waals surface area (Å²) >= 11 is 1.92. The minimum absolute atomic E-state index is 0.468. The first kappa shape index (κ1) is 12.2. The van der Waals surface area contributed by atoms with E-state index in [2.05, 4.69) is 24.2 Å². The molecule has 1 N–H and O–H groups in total. The van der Waals surface area contributed by atoms with Crippen LogP contribution in [-0.2, 0) is 4.74 Å². The molecule has 1 heterocycles. The summed E-state index contributed by atoms with van der Waals surface area (Å²) in [6.45, 7) is 5.55. The number of ether oxygens (including phenoxy) is 1. The van der Waals surface area contributed by atoms with Crippen molar-refractivity contribution in [2.24, 2.45) is 10.9 Å². The maximum absolute atomic E-state index is 5.27. The van der Waals surface area contributed by atoms with Gasteiger partial charge in [0.2, 0.25) is 0 Å². The Balaban J connectivity index is 1.65. The normalized spacial score (nSPS) is 33.8. The van der Waals surface area contributed by atoms with Gasteiger partial charge in [-0.3, -0.25) is 4.99 Å². The summed E-state index contributed by atoms with van der Waals surface area (Å²) in [5.41, 5.74) is 0. The predicted octanol–water partition coefficient (Wildman–Crippen LogP) is 2.27. The van der Waals surface area contributed by atoms with Crippen molar-refractivity contribution in [3.05, 3.63) is 0 Å². The highest BCUT2D eigenvalue weighted by atomic mass is 32.2. The lowest BCUT2D eigenvalue weighted by Gasteiger charge is -2.35. The van der Waals surface area contributed by atoms with Crippen molar-refractivity contribution in [1.82, 2.24) is 5.32 Å². The first-order valence-electron chi connectivity index (χ1n) is 6.17. The lowest BCUT2D eigenvalue weighted by atomic mass is 9.89. The van der Waals surface area contributed by atoms with Gasteiger partial charge in [0.15, 0.2) is 5.17 Å². The van der Waals surface area contributed by atoms with Gasteiger partial charge in [-0.25, -0.2) is 0 Å². The second-order valence-electron chi connectivity index (χ2n) is 5.19. The molecule has 1 atom stereocenters. The van der Waals surface area contributed by atoms with Crippen molar-refractivity contribution in [2.75, 3.05) is 13.7 Å². The second kappa shape index (κ2) is 5.41. The Bertz CT molecular complexity index is 262. The third-order valence-corrected chi connectivity index (χ3v) is 4.35. The summed E-state index contributed by atoms with van der Waals surface area (Å²) in [7, 11) is 1.79. The van der Waals surface area contributed by atoms with E-state index in [1.807, 2.05) is 11.8 Å². The molecule has 1 aliphatic carbocycles. The van der Waals surface area contributed by atoms with E-state index in [-0.39, 0.29) is 0 Å². The van der Waals surface area contributed by atoms with Crippen LogP contribution in [0.25, 0.3) is 0 Å². The minimum atomic E-state index is 0.468. The molecular weight excluding hydrogens is 220 g/mol. The van der Waals surface area contributed by atoms with E-state index in [9.17, 15) is 0 Å². The van der Waals surface area contributed by atoms with Crippen molar-refractivity contribution >= 4 is 16.9 Å². The van der Waals surface area contributed by atoms with Crippen molar-refractivity contribution in [1.29, 1.82) is 0 Å². The Morgan fingerprint density at radius 2 is 2.25 bits per heavy atom. The Morgan fingerprint density at radius 3 is 2.88 bits per heavy atom. The zero-order valence-corrected chi connectivity index (χ0v) is 11.2. The first-order valence-corrected chi connectivity index (χ1v) is 7.05. The number of amidine groups is 1. The molecule has 2 rings (SSSR count). The van der Waals surface area contributed by atoms with E-state index in [1.54, 1.807) is 7.11 Å². The fraction of sp³-hybridized carbons (Fsp3) is 0.917. The molecule has 0 saturated heterocycles. The molecule has 16 heavy (non-hydrogen) atoms. The summed E-state index contributed by atoms with van der Waals surface area (Å²) in [6.07, 6.45) is 4.00. The molecule has 2 aliphatic rings. The van der Waals surface area contributed by atoms with E-state index in [4.69, 9.17) is 4.74 Å². The number of rotatable bonds is 4. The zero-order valence-electron chi connectivity index (χ0n) is 10.4. The first-order chi connectivity index (χ1) is 7.67. The van der Waals surface area contributed by atoms with E-state index < -0.39 is 0 Å². The van der Waals surface area contributed by atoms with Crippen LogP contribution in [0, 0.1) is 5.92 Å². The summed E-state index contributed by atoms with van der Waals surface area (Å²) in [4.78, 5) is 4.57. The lowest BCUT2D eigenvalue weighted by Crippen LogP contribution is -2.46. The van der Waals surface area contributed by atoms with E-state index in [1.165, 1.54) is 6.42 Å². The van der Waals surface area contributed by atoms with Gasteiger partial charge in [-0.15, -0.1) is 0 Å². The molecule has 0 amide bonds. The van der Waals surface area contributed by atoms with Crippen LogP contribution in [0.1, 0.15) is 33.1 Å². The molecule has 0 spiro atoms. The van der Waals surface area contributed by atoms with Crippen molar-refractivity contribution in [3.63, 3.8) is 0 Å². The lowest BCUT2D eigenvalue weighted by molar-refractivity contribution is 0.0228. The third kappa shape index (κ3) is 3.14. The maximum Gasteiger partial charge on any atom is 0.157 e. The molecule has 0 radical (unpaired) electrons. The average molecular weight is 242 g/mol. The van der Waals surface area contributed by atoms with Crippen LogP contribution in [-0.4, -0.2) is 36.2 Å². The number of hydrogen-bond acceptors (Lipinski definition) is 4. The molecule has 3 nitrogen and oxygen atoms in total. The molecule has 92 valence electrons.